The number of aliphatic carboxylic acids is 1. The van der Waals surface area contributed by atoms with Crippen molar-refractivity contribution in [3.8, 4) is 0 Å². The van der Waals surface area contributed by atoms with Gasteiger partial charge >= 0.3 is 5.97 Å². The van der Waals surface area contributed by atoms with Crippen LogP contribution >= 0.6 is 11.3 Å². The van der Waals surface area contributed by atoms with Crippen molar-refractivity contribution < 1.29 is 14.7 Å². The Bertz CT molecular complexity index is 457. The summed E-state index contributed by atoms with van der Waals surface area (Å²) in [4.78, 5) is 29.3. The highest BCUT2D eigenvalue weighted by molar-refractivity contribution is 7.11. The van der Waals surface area contributed by atoms with E-state index in [2.05, 4.69) is 11.9 Å². The number of amides is 1. The van der Waals surface area contributed by atoms with Crippen LogP contribution in [0, 0.1) is 6.92 Å². The summed E-state index contributed by atoms with van der Waals surface area (Å²) in [5.74, 6) is -0.839. The lowest BCUT2D eigenvalue weighted by atomic mass is 10.3. The van der Waals surface area contributed by atoms with Gasteiger partial charge in [0.25, 0.3) is 0 Å². The van der Waals surface area contributed by atoms with E-state index in [0.29, 0.717) is 10.7 Å². The number of rotatable bonds is 7. The van der Waals surface area contributed by atoms with Crippen LogP contribution in [-0.2, 0) is 22.4 Å². The number of aryl methyl sites for hydroxylation is 1. The first-order chi connectivity index (χ1) is 8.93. The number of hydrogen-bond donors (Lipinski definition) is 1. The second-order valence-electron chi connectivity index (χ2n) is 4.53. The largest absolute Gasteiger partial charge is 0.481 e. The molecule has 0 atom stereocenters. The molecule has 0 saturated heterocycles. The first-order valence-electron chi connectivity index (χ1n) is 6.35. The Morgan fingerprint density at radius 3 is 2.63 bits per heavy atom. The Hall–Kier alpha value is -1.43. The molecule has 0 bridgehead atoms. The highest BCUT2D eigenvalue weighted by Crippen LogP contribution is 2.19. The molecule has 1 heterocycles. The van der Waals surface area contributed by atoms with Crippen molar-refractivity contribution >= 4 is 23.2 Å². The van der Waals surface area contributed by atoms with Gasteiger partial charge in [-0.15, -0.1) is 11.3 Å². The second kappa shape index (κ2) is 7.23. The second-order valence-corrected chi connectivity index (χ2v) is 5.70. The molecule has 0 aliphatic carbocycles. The molecule has 0 unspecified atom stereocenters. The summed E-state index contributed by atoms with van der Waals surface area (Å²) in [5.41, 5.74) is 0.714. The van der Waals surface area contributed by atoms with E-state index in [1.165, 1.54) is 11.3 Å². The van der Waals surface area contributed by atoms with Crippen LogP contribution in [0.3, 0.4) is 0 Å². The number of carboxylic acid groups (broad SMARTS) is 1. The molecule has 0 radical (unpaired) electrons. The van der Waals surface area contributed by atoms with Gasteiger partial charge in [-0.3, -0.25) is 9.59 Å². The normalized spacial score (nSPS) is 10.5. The van der Waals surface area contributed by atoms with Gasteiger partial charge in [0.1, 0.15) is 5.01 Å². The summed E-state index contributed by atoms with van der Waals surface area (Å²) in [6, 6.07) is 0. The van der Waals surface area contributed by atoms with E-state index in [-0.39, 0.29) is 18.7 Å². The summed E-state index contributed by atoms with van der Waals surface area (Å²) in [6.07, 6.45) is 2.27. The Kier molecular flexibility index (Phi) is 5.95. The fraction of sp³-hybridized carbons (Fsp3) is 0.615. The molecule has 1 aromatic rings. The van der Waals surface area contributed by atoms with Crippen LogP contribution < -0.4 is 0 Å². The number of thiazole rings is 1. The van der Waals surface area contributed by atoms with Crippen LogP contribution in [0.4, 0.5) is 0 Å². The molecule has 5 nitrogen and oxygen atoms in total. The van der Waals surface area contributed by atoms with Gasteiger partial charge in [0.2, 0.25) is 5.91 Å². The molecule has 1 amide bonds. The molecular weight excluding hydrogens is 264 g/mol. The minimum Gasteiger partial charge on any atom is -0.481 e. The monoisotopic (exact) mass is 284 g/mol. The lowest BCUT2D eigenvalue weighted by Gasteiger charge is -2.15. The van der Waals surface area contributed by atoms with Gasteiger partial charge in [-0.1, -0.05) is 13.3 Å². The third kappa shape index (κ3) is 4.98. The molecule has 19 heavy (non-hydrogen) atoms. The molecule has 106 valence electrons. The van der Waals surface area contributed by atoms with Crippen LogP contribution in [0.15, 0.2) is 0 Å². The van der Waals surface area contributed by atoms with Crippen molar-refractivity contribution in [1.82, 2.24) is 9.88 Å². The van der Waals surface area contributed by atoms with E-state index in [0.717, 1.165) is 24.3 Å². The molecule has 1 aromatic heterocycles. The van der Waals surface area contributed by atoms with Crippen molar-refractivity contribution in [1.29, 1.82) is 0 Å². The average Bonchev–Trinajstić information content (AvgIpc) is 2.65. The van der Waals surface area contributed by atoms with Crippen LogP contribution in [0.25, 0.3) is 0 Å². The predicted octanol–water partition coefficient (Wildman–Crippen LogP) is 1.88. The average molecular weight is 284 g/mol. The fourth-order valence-electron chi connectivity index (χ4n) is 1.65. The number of carboxylic acids is 1. The maximum Gasteiger partial charge on any atom is 0.308 e. The van der Waals surface area contributed by atoms with Crippen molar-refractivity contribution in [3.63, 3.8) is 0 Å². The maximum atomic E-state index is 11.9. The molecule has 0 fully saturated rings. The van der Waals surface area contributed by atoms with Crippen LogP contribution in [-0.4, -0.2) is 40.5 Å². The Morgan fingerprint density at radius 1 is 1.37 bits per heavy atom. The Morgan fingerprint density at radius 2 is 2.05 bits per heavy atom. The van der Waals surface area contributed by atoms with Gasteiger partial charge in [-0.05, 0) is 13.3 Å². The van der Waals surface area contributed by atoms with E-state index in [1.807, 2.05) is 0 Å². The molecule has 0 aromatic carbocycles. The van der Waals surface area contributed by atoms with Gasteiger partial charge in [0, 0.05) is 18.5 Å². The molecule has 0 saturated carbocycles. The maximum absolute atomic E-state index is 11.9. The lowest BCUT2D eigenvalue weighted by molar-refractivity contribution is -0.136. The van der Waals surface area contributed by atoms with Gasteiger partial charge in [-0.2, -0.15) is 0 Å². The Labute approximate surface area is 117 Å². The number of unbranched alkanes of at least 4 members (excludes halogenated alkanes) is 1. The van der Waals surface area contributed by atoms with Crippen LogP contribution in [0.5, 0.6) is 0 Å². The summed E-state index contributed by atoms with van der Waals surface area (Å²) >= 11 is 1.32. The van der Waals surface area contributed by atoms with Gasteiger partial charge in [0.15, 0.2) is 0 Å². The highest BCUT2D eigenvalue weighted by Gasteiger charge is 2.15. The molecule has 0 aliphatic heterocycles. The van der Waals surface area contributed by atoms with Gasteiger partial charge in [-0.25, -0.2) is 4.98 Å². The fourth-order valence-corrected chi connectivity index (χ4v) is 2.70. The van der Waals surface area contributed by atoms with Crippen molar-refractivity contribution in [2.24, 2.45) is 0 Å². The zero-order valence-electron chi connectivity index (χ0n) is 11.6. The lowest BCUT2D eigenvalue weighted by Crippen LogP contribution is -2.29. The van der Waals surface area contributed by atoms with Gasteiger partial charge in [0.05, 0.1) is 18.5 Å². The van der Waals surface area contributed by atoms with Crippen LogP contribution in [0.2, 0.25) is 0 Å². The van der Waals surface area contributed by atoms with E-state index in [4.69, 9.17) is 5.11 Å². The molecular formula is C13H20N2O3S. The third-order valence-corrected chi connectivity index (χ3v) is 3.98. The number of likely N-dealkylation sites (N-methyl/N-ethyl adjacent to an activating group) is 1. The minimum absolute atomic E-state index is 0.0244. The topological polar surface area (TPSA) is 70.5 Å². The van der Waals surface area contributed by atoms with E-state index in [9.17, 15) is 9.59 Å². The zero-order chi connectivity index (χ0) is 14.4. The quantitative estimate of drug-likeness (QED) is 0.830. The molecule has 1 N–H and O–H groups in total. The van der Waals surface area contributed by atoms with Crippen molar-refractivity contribution in [2.75, 3.05) is 13.6 Å². The van der Waals surface area contributed by atoms with Crippen molar-refractivity contribution in [3.05, 3.63) is 15.6 Å². The Balaban J connectivity index is 2.62. The summed E-state index contributed by atoms with van der Waals surface area (Å²) in [5, 5.41) is 9.47. The molecule has 0 aliphatic rings. The van der Waals surface area contributed by atoms with Gasteiger partial charge < -0.3 is 10.0 Å². The number of carbonyl (C=O) groups excluding carboxylic acids is 1. The van der Waals surface area contributed by atoms with E-state index >= 15 is 0 Å². The third-order valence-electron chi connectivity index (χ3n) is 2.82. The molecule has 0 spiro atoms. The van der Waals surface area contributed by atoms with E-state index < -0.39 is 5.97 Å². The van der Waals surface area contributed by atoms with E-state index in [1.54, 1.807) is 18.9 Å². The SMILES string of the molecule is CCCCN(C)C(=O)Cc1nc(C)c(CC(=O)O)s1. The number of hydrogen-bond acceptors (Lipinski definition) is 4. The first-order valence-corrected chi connectivity index (χ1v) is 7.16. The summed E-state index contributed by atoms with van der Waals surface area (Å²) in [6.45, 7) is 4.62. The highest BCUT2D eigenvalue weighted by atomic mass is 32.1. The first kappa shape index (κ1) is 15.6. The summed E-state index contributed by atoms with van der Waals surface area (Å²) in [7, 11) is 1.79. The zero-order valence-corrected chi connectivity index (χ0v) is 12.4. The number of aromatic nitrogens is 1. The molecule has 6 heteroatoms. The van der Waals surface area contributed by atoms with Crippen molar-refractivity contribution in [2.45, 2.75) is 39.5 Å². The standard InChI is InChI=1S/C13H20N2O3S/c1-4-5-6-15(3)12(16)8-11-14-9(2)10(19-11)7-13(17)18/h4-8H2,1-3H3,(H,17,18). The predicted molar refractivity (Wildman–Crippen MR) is 74.4 cm³/mol. The number of nitrogens with zero attached hydrogens (tertiary/aromatic N) is 2. The van der Waals surface area contributed by atoms with Crippen LogP contribution in [0.1, 0.15) is 35.3 Å². The molecule has 1 rings (SSSR count). The number of carbonyl (C=O) groups is 2. The summed E-state index contributed by atoms with van der Waals surface area (Å²) < 4.78 is 0. The smallest absolute Gasteiger partial charge is 0.308 e. The minimum atomic E-state index is -0.871.